The zero-order valence-corrected chi connectivity index (χ0v) is 18.5. The first-order chi connectivity index (χ1) is 15.5. The van der Waals surface area contributed by atoms with Crippen LogP contribution in [0, 0.1) is 11.7 Å². The van der Waals surface area contributed by atoms with E-state index < -0.39 is 5.82 Å². The molecule has 4 rings (SSSR count). The quantitative estimate of drug-likeness (QED) is 0.400. The van der Waals surface area contributed by atoms with Gasteiger partial charge in [-0.05, 0) is 31.0 Å². The summed E-state index contributed by atoms with van der Waals surface area (Å²) in [5, 5.41) is 5.42. The van der Waals surface area contributed by atoms with Gasteiger partial charge in [-0.3, -0.25) is 10.2 Å². The molecule has 1 heterocycles. The van der Waals surface area contributed by atoms with Crippen molar-refractivity contribution in [2.75, 3.05) is 19.5 Å². The standard InChI is InChI=1S/C23H23ClFN5O2/c1-30(29-23(31)14-6-3-4-7-14)12-15-10-16-19(11-20(15)32-2)26-13-27-22(16)28-18-9-5-8-17(24)21(18)25/h3-5,8-11,13-14H,6-7,12H2,1-2H3,(H,29,31)(H,26,27,28). The van der Waals surface area contributed by atoms with E-state index in [1.54, 1.807) is 37.4 Å². The van der Waals surface area contributed by atoms with Gasteiger partial charge in [-0.15, -0.1) is 0 Å². The Kier molecular flexibility index (Phi) is 6.53. The smallest absolute Gasteiger partial charge is 0.238 e. The minimum atomic E-state index is -0.557. The summed E-state index contributed by atoms with van der Waals surface area (Å²) in [5.74, 6) is 0.453. The van der Waals surface area contributed by atoms with E-state index in [9.17, 15) is 9.18 Å². The molecule has 0 saturated carbocycles. The molecule has 0 saturated heterocycles. The number of rotatable bonds is 7. The molecule has 1 aromatic heterocycles. The van der Waals surface area contributed by atoms with Crippen LogP contribution >= 0.6 is 11.6 Å². The second-order valence-electron chi connectivity index (χ2n) is 7.60. The summed E-state index contributed by atoms with van der Waals surface area (Å²) in [5.41, 5.74) is 4.59. The summed E-state index contributed by atoms with van der Waals surface area (Å²) in [7, 11) is 3.38. The summed E-state index contributed by atoms with van der Waals surface area (Å²) in [6, 6.07) is 8.39. The molecule has 0 unspecified atom stereocenters. The normalized spacial score (nSPS) is 13.7. The highest BCUT2D eigenvalue weighted by Crippen LogP contribution is 2.32. The van der Waals surface area contributed by atoms with E-state index in [1.165, 1.54) is 12.4 Å². The molecule has 166 valence electrons. The third-order valence-electron chi connectivity index (χ3n) is 5.33. The van der Waals surface area contributed by atoms with E-state index >= 15 is 0 Å². The number of hydrazine groups is 1. The lowest BCUT2D eigenvalue weighted by Gasteiger charge is -2.22. The van der Waals surface area contributed by atoms with Crippen molar-refractivity contribution in [1.29, 1.82) is 0 Å². The van der Waals surface area contributed by atoms with Gasteiger partial charge >= 0.3 is 0 Å². The number of nitrogens with zero attached hydrogens (tertiary/aromatic N) is 3. The number of carbonyl (C=O) groups excluding carboxylic acids is 1. The molecule has 7 nitrogen and oxygen atoms in total. The highest BCUT2D eigenvalue weighted by Gasteiger charge is 2.21. The van der Waals surface area contributed by atoms with Crippen LogP contribution in [-0.2, 0) is 11.3 Å². The van der Waals surface area contributed by atoms with Crippen molar-refractivity contribution in [2.24, 2.45) is 5.92 Å². The van der Waals surface area contributed by atoms with Crippen molar-refractivity contribution in [2.45, 2.75) is 19.4 Å². The average molecular weight is 456 g/mol. The first-order valence-corrected chi connectivity index (χ1v) is 10.5. The number of fused-ring (bicyclic) bond motifs is 1. The SMILES string of the molecule is COc1cc2ncnc(Nc3cccc(Cl)c3F)c2cc1CN(C)NC(=O)C1CC=CC1. The Bertz CT molecular complexity index is 1180. The zero-order valence-electron chi connectivity index (χ0n) is 17.7. The monoisotopic (exact) mass is 455 g/mol. The largest absolute Gasteiger partial charge is 0.496 e. The molecule has 0 radical (unpaired) electrons. The number of anilines is 2. The minimum Gasteiger partial charge on any atom is -0.496 e. The molecule has 0 aliphatic heterocycles. The number of methoxy groups -OCH3 is 1. The average Bonchev–Trinajstić information content (AvgIpc) is 3.32. The van der Waals surface area contributed by atoms with Crippen LogP contribution in [-0.4, -0.2) is 35.0 Å². The number of halogens is 2. The summed E-state index contributed by atoms with van der Waals surface area (Å²) in [4.78, 5) is 21.0. The Morgan fingerprint density at radius 2 is 2.06 bits per heavy atom. The molecule has 0 atom stereocenters. The second-order valence-corrected chi connectivity index (χ2v) is 8.01. The van der Waals surface area contributed by atoms with Gasteiger partial charge in [-0.25, -0.2) is 19.4 Å². The van der Waals surface area contributed by atoms with Gasteiger partial charge in [0.1, 0.15) is 17.9 Å². The first kappa shape index (κ1) is 22.0. The molecule has 2 aromatic carbocycles. The number of hydrogen-bond donors (Lipinski definition) is 2. The van der Waals surface area contributed by atoms with Gasteiger partial charge in [-0.1, -0.05) is 29.8 Å². The predicted octanol–water partition coefficient (Wildman–Crippen LogP) is 4.60. The zero-order chi connectivity index (χ0) is 22.7. The van der Waals surface area contributed by atoms with E-state index in [-0.39, 0.29) is 22.5 Å². The van der Waals surface area contributed by atoms with E-state index in [4.69, 9.17) is 16.3 Å². The molecule has 0 fully saturated rings. The van der Waals surface area contributed by atoms with Gasteiger partial charge in [0.25, 0.3) is 0 Å². The summed E-state index contributed by atoms with van der Waals surface area (Å²) in [6.07, 6.45) is 6.95. The molecular formula is C23H23ClFN5O2. The number of amides is 1. The number of carbonyl (C=O) groups is 1. The van der Waals surface area contributed by atoms with Crippen LogP contribution in [0.25, 0.3) is 10.9 Å². The van der Waals surface area contributed by atoms with Gasteiger partial charge in [-0.2, -0.15) is 0 Å². The van der Waals surface area contributed by atoms with E-state index in [2.05, 4.69) is 20.7 Å². The third kappa shape index (κ3) is 4.66. The fraction of sp³-hybridized carbons (Fsp3) is 0.261. The minimum absolute atomic E-state index is 0.0145. The maximum Gasteiger partial charge on any atom is 0.238 e. The predicted molar refractivity (Wildman–Crippen MR) is 122 cm³/mol. The molecule has 1 aliphatic rings. The van der Waals surface area contributed by atoms with Crippen LogP contribution in [0.2, 0.25) is 5.02 Å². The Morgan fingerprint density at radius 3 is 2.81 bits per heavy atom. The Hall–Kier alpha value is -3.23. The lowest BCUT2D eigenvalue weighted by molar-refractivity contribution is -0.129. The van der Waals surface area contributed by atoms with Gasteiger partial charge in [0.15, 0.2) is 5.82 Å². The Balaban J connectivity index is 1.61. The molecular weight excluding hydrogens is 433 g/mol. The second kappa shape index (κ2) is 9.50. The van der Waals surface area contributed by atoms with Crippen LogP contribution in [0.5, 0.6) is 5.75 Å². The maximum absolute atomic E-state index is 14.4. The number of aromatic nitrogens is 2. The van der Waals surface area contributed by atoms with Gasteiger partial charge in [0, 0.05) is 36.5 Å². The van der Waals surface area contributed by atoms with Crippen molar-refractivity contribution < 1.29 is 13.9 Å². The van der Waals surface area contributed by atoms with E-state index in [0.717, 1.165) is 18.4 Å². The van der Waals surface area contributed by atoms with Crippen molar-refractivity contribution >= 4 is 39.9 Å². The van der Waals surface area contributed by atoms with Gasteiger partial charge < -0.3 is 10.1 Å². The number of benzene rings is 2. The van der Waals surface area contributed by atoms with Crippen LogP contribution in [0.15, 0.2) is 48.8 Å². The van der Waals surface area contributed by atoms with Crippen LogP contribution < -0.4 is 15.5 Å². The van der Waals surface area contributed by atoms with Gasteiger partial charge in [0.2, 0.25) is 5.91 Å². The molecule has 0 bridgehead atoms. The Labute approximate surface area is 190 Å². The highest BCUT2D eigenvalue weighted by molar-refractivity contribution is 6.31. The summed E-state index contributed by atoms with van der Waals surface area (Å²) >= 11 is 5.90. The van der Waals surface area contributed by atoms with Crippen molar-refractivity contribution in [3.8, 4) is 5.75 Å². The summed E-state index contributed by atoms with van der Waals surface area (Å²) < 4.78 is 19.9. The van der Waals surface area contributed by atoms with Crippen LogP contribution in [0.3, 0.4) is 0 Å². The van der Waals surface area contributed by atoms with E-state index in [0.29, 0.717) is 29.0 Å². The third-order valence-corrected chi connectivity index (χ3v) is 5.62. The van der Waals surface area contributed by atoms with Crippen molar-refractivity contribution in [1.82, 2.24) is 20.4 Å². The first-order valence-electron chi connectivity index (χ1n) is 10.2. The summed E-state index contributed by atoms with van der Waals surface area (Å²) in [6.45, 7) is 0.394. The Morgan fingerprint density at radius 1 is 1.28 bits per heavy atom. The maximum atomic E-state index is 14.4. The molecule has 3 aromatic rings. The van der Waals surface area contributed by atoms with Crippen LogP contribution in [0.1, 0.15) is 18.4 Å². The van der Waals surface area contributed by atoms with E-state index in [1.807, 2.05) is 18.2 Å². The molecule has 2 N–H and O–H groups in total. The lowest BCUT2D eigenvalue weighted by Crippen LogP contribution is -2.41. The molecule has 32 heavy (non-hydrogen) atoms. The molecule has 9 heteroatoms. The fourth-order valence-electron chi connectivity index (χ4n) is 3.68. The molecule has 1 aliphatic carbocycles. The topological polar surface area (TPSA) is 79.4 Å². The van der Waals surface area contributed by atoms with Crippen LogP contribution in [0.4, 0.5) is 15.9 Å². The number of allylic oxidation sites excluding steroid dienone is 2. The molecule has 0 spiro atoms. The van der Waals surface area contributed by atoms with Crippen molar-refractivity contribution in [3.05, 3.63) is 65.2 Å². The number of ether oxygens (including phenoxy) is 1. The van der Waals surface area contributed by atoms with Gasteiger partial charge in [0.05, 0.1) is 23.3 Å². The number of nitrogens with one attached hydrogen (secondary N) is 2. The highest BCUT2D eigenvalue weighted by atomic mass is 35.5. The fourth-order valence-corrected chi connectivity index (χ4v) is 3.85. The molecule has 1 amide bonds. The lowest BCUT2D eigenvalue weighted by atomic mass is 10.1. The van der Waals surface area contributed by atoms with Crippen molar-refractivity contribution in [3.63, 3.8) is 0 Å². The number of hydrogen-bond acceptors (Lipinski definition) is 6.